The summed E-state index contributed by atoms with van der Waals surface area (Å²) in [7, 11) is 0. The second-order valence-electron chi connectivity index (χ2n) is 6.74. The smallest absolute Gasteiger partial charge is 0.261 e. The Morgan fingerprint density at radius 3 is 2.74 bits per heavy atom. The van der Waals surface area contributed by atoms with Gasteiger partial charge in [-0.15, -0.1) is 0 Å². The Kier molecular flexibility index (Phi) is 5.88. The van der Waals surface area contributed by atoms with E-state index in [-0.39, 0.29) is 23.0 Å². The van der Waals surface area contributed by atoms with E-state index in [1.165, 1.54) is 23.2 Å². The maximum Gasteiger partial charge on any atom is 0.261 e. The first-order valence-electron chi connectivity index (χ1n) is 9.25. The molecule has 0 saturated carbocycles. The number of fused-ring (bicyclic) bond motifs is 1. The van der Waals surface area contributed by atoms with Crippen molar-refractivity contribution in [1.82, 2.24) is 14.5 Å². The van der Waals surface area contributed by atoms with Crippen molar-refractivity contribution >= 4 is 45.7 Å². The van der Waals surface area contributed by atoms with Crippen molar-refractivity contribution in [2.75, 3.05) is 5.32 Å². The zero-order valence-corrected chi connectivity index (χ0v) is 17.8. The fraction of sp³-hybridized carbons (Fsp3) is 0.0909. The van der Waals surface area contributed by atoms with E-state index in [1.807, 2.05) is 13.0 Å². The quantitative estimate of drug-likeness (QED) is 0.466. The first kappa shape index (κ1) is 20.8. The van der Waals surface area contributed by atoms with Crippen LogP contribution in [-0.4, -0.2) is 20.4 Å². The molecule has 0 fully saturated rings. The van der Waals surface area contributed by atoms with E-state index in [1.54, 1.807) is 36.4 Å². The molecule has 7 nitrogen and oxygen atoms in total. The first-order valence-corrected chi connectivity index (χ1v) is 10.0. The van der Waals surface area contributed by atoms with Crippen molar-refractivity contribution in [3.8, 4) is 11.6 Å². The van der Waals surface area contributed by atoms with Gasteiger partial charge in [-0.1, -0.05) is 47.5 Å². The fourth-order valence-electron chi connectivity index (χ4n) is 3.03. The Hall–Kier alpha value is -3.42. The van der Waals surface area contributed by atoms with Crippen molar-refractivity contribution < 1.29 is 9.53 Å². The minimum Gasteiger partial charge on any atom is -0.435 e. The van der Waals surface area contributed by atoms with E-state index in [0.29, 0.717) is 27.4 Å². The summed E-state index contributed by atoms with van der Waals surface area (Å²) in [5.74, 6) is 0.0763. The normalized spacial score (nSPS) is 10.8. The van der Waals surface area contributed by atoms with Crippen LogP contribution in [0.1, 0.15) is 5.56 Å². The molecule has 0 atom stereocenters. The van der Waals surface area contributed by atoms with Gasteiger partial charge in [0.2, 0.25) is 11.8 Å². The van der Waals surface area contributed by atoms with Gasteiger partial charge in [-0.2, -0.15) is 0 Å². The maximum atomic E-state index is 12.7. The van der Waals surface area contributed by atoms with Gasteiger partial charge in [-0.3, -0.25) is 14.2 Å². The van der Waals surface area contributed by atoms with Gasteiger partial charge >= 0.3 is 0 Å². The number of nitrogens with one attached hydrogen (secondary N) is 1. The molecule has 2 aromatic carbocycles. The molecular formula is C22H16Cl2N4O3. The third-order valence-electron chi connectivity index (χ3n) is 4.51. The predicted molar refractivity (Wildman–Crippen MR) is 120 cm³/mol. The van der Waals surface area contributed by atoms with Crippen molar-refractivity contribution in [2.24, 2.45) is 0 Å². The van der Waals surface area contributed by atoms with Gasteiger partial charge in [0.05, 0.1) is 27.9 Å². The van der Waals surface area contributed by atoms with Crippen molar-refractivity contribution in [3.05, 3.63) is 87.0 Å². The van der Waals surface area contributed by atoms with Crippen LogP contribution in [0.15, 0.2) is 65.8 Å². The largest absolute Gasteiger partial charge is 0.435 e. The Bertz CT molecular complexity index is 1350. The molecule has 4 aromatic rings. The van der Waals surface area contributed by atoms with Gasteiger partial charge < -0.3 is 10.1 Å². The number of hydrogen-bond acceptors (Lipinski definition) is 5. The summed E-state index contributed by atoms with van der Waals surface area (Å²) >= 11 is 12.0. The lowest BCUT2D eigenvalue weighted by molar-refractivity contribution is -0.116. The Labute approximate surface area is 187 Å². The number of aromatic nitrogens is 3. The number of hydrogen-bond donors (Lipinski definition) is 1. The number of amides is 1. The van der Waals surface area contributed by atoms with Crippen LogP contribution in [0.3, 0.4) is 0 Å². The average molecular weight is 455 g/mol. The van der Waals surface area contributed by atoms with E-state index in [0.717, 1.165) is 5.56 Å². The van der Waals surface area contributed by atoms with Crippen molar-refractivity contribution in [1.29, 1.82) is 0 Å². The molecule has 31 heavy (non-hydrogen) atoms. The van der Waals surface area contributed by atoms with Crippen molar-refractivity contribution in [3.63, 3.8) is 0 Å². The van der Waals surface area contributed by atoms with E-state index >= 15 is 0 Å². The van der Waals surface area contributed by atoms with Crippen LogP contribution in [0.2, 0.25) is 10.0 Å². The second-order valence-corrected chi connectivity index (χ2v) is 7.58. The van der Waals surface area contributed by atoms with Gasteiger partial charge in [0.25, 0.3) is 5.56 Å². The van der Waals surface area contributed by atoms with Gasteiger partial charge in [0.1, 0.15) is 11.6 Å². The second kappa shape index (κ2) is 8.75. The van der Waals surface area contributed by atoms with Crippen LogP contribution in [-0.2, 0) is 11.3 Å². The molecule has 1 amide bonds. The highest BCUT2D eigenvalue weighted by Crippen LogP contribution is 2.33. The number of aryl methyl sites for hydroxylation is 1. The maximum absolute atomic E-state index is 12.7. The van der Waals surface area contributed by atoms with Crippen LogP contribution in [0.25, 0.3) is 10.9 Å². The highest BCUT2D eigenvalue weighted by atomic mass is 35.5. The molecule has 1 N–H and O–H groups in total. The summed E-state index contributed by atoms with van der Waals surface area (Å²) in [6, 6.07) is 13.7. The summed E-state index contributed by atoms with van der Waals surface area (Å²) in [4.78, 5) is 33.7. The highest BCUT2D eigenvalue weighted by Gasteiger charge is 2.13. The molecule has 0 aliphatic carbocycles. The van der Waals surface area contributed by atoms with E-state index < -0.39 is 5.91 Å². The fourth-order valence-corrected chi connectivity index (χ4v) is 3.45. The SMILES string of the molecule is Cc1cccc2c(=O)n(CC(=O)Nc3ccccc3Oc3ncc(Cl)cc3Cl)cnc12. The summed E-state index contributed by atoms with van der Waals surface area (Å²) < 4.78 is 7.01. The van der Waals surface area contributed by atoms with Gasteiger partial charge in [0.15, 0.2) is 5.75 Å². The summed E-state index contributed by atoms with van der Waals surface area (Å²) in [5, 5.41) is 3.82. The van der Waals surface area contributed by atoms with Crippen LogP contribution in [0.4, 0.5) is 5.69 Å². The van der Waals surface area contributed by atoms with Crippen LogP contribution in [0.5, 0.6) is 11.6 Å². The molecule has 0 aliphatic rings. The number of ether oxygens (including phenoxy) is 1. The average Bonchev–Trinajstić information content (AvgIpc) is 2.74. The first-order chi connectivity index (χ1) is 14.9. The molecule has 0 radical (unpaired) electrons. The van der Waals surface area contributed by atoms with Crippen molar-refractivity contribution in [2.45, 2.75) is 13.5 Å². The minimum absolute atomic E-state index is 0.151. The van der Waals surface area contributed by atoms with Gasteiger partial charge in [-0.05, 0) is 36.8 Å². The Balaban J connectivity index is 1.55. The van der Waals surface area contributed by atoms with E-state index in [2.05, 4.69) is 15.3 Å². The topological polar surface area (TPSA) is 86.1 Å². The van der Waals surface area contributed by atoms with Gasteiger partial charge in [0, 0.05) is 6.20 Å². The number of anilines is 1. The number of halogens is 2. The van der Waals surface area contributed by atoms with E-state index in [4.69, 9.17) is 27.9 Å². The zero-order chi connectivity index (χ0) is 22.0. The standard InChI is InChI=1S/C22H16Cl2N4O3/c1-13-5-4-6-15-20(13)26-12-28(22(15)30)11-19(29)27-17-7-2-3-8-18(17)31-21-16(24)9-14(23)10-25-21/h2-10,12H,11H2,1H3,(H,27,29). The molecule has 9 heteroatoms. The number of benzene rings is 2. The lowest BCUT2D eigenvalue weighted by atomic mass is 10.1. The number of carbonyl (C=O) groups excluding carboxylic acids is 1. The molecule has 4 rings (SSSR count). The third kappa shape index (κ3) is 4.52. The summed E-state index contributed by atoms with van der Waals surface area (Å²) in [6.07, 6.45) is 2.78. The lowest BCUT2D eigenvalue weighted by Gasteiger charge is -2.13. The number of para-hydroxylation sites is 3. The number of pyridine rings is 1. The molecule has 0 saturated heterocycles. The molecule has 0 spiro atoms. The van der Waals surface area contributed by atoms with E-state index in [9.17, 15) is 9.59 Å². The minimum atomic E-state index is -0.415. The van der Waals surface area contributed by atoms with Gasteiger partial charge in [-0.25, -0.2) is 9.97 Å². The number of rotatable bonds is 5. The Morgan fingerprint density at radius 1 is 1.13 bits per heavy atom. The monoisotopic (exact) mass is 454 g/mol. The third-order valence-corrected chi connectivity index (χ3v) is 4.99. The van der Waals surface area contributed by atoms with Crippen LogP contribution >= 0.6 is 23.2 Å². The number of carbonyl (C=O) groups is 1. The molecule has 0 unspecified atom stereocenters. The molecule has 0 aliphatic heterocycles. The van der Waals surface area contributed by atoms with Crippen LogP contribution in [0, 0.1) is 6.92 Å². The highest BCUT2D eigenvalue weighted by molar-refractivity contribution is 6.35. The predicted octanol–water partition coefficient (Wildman–Crippen LogP) is 4.84. The van der Waals surface area contributed by atoms with Crippen LogP contribution < -0.4 is 15.6 Å². The molecule has 2 heterocycles. The zero-order valence-electron chi connectivity index (χ0n) is 16.3. The summed E-state index contributed by atoms with van der Waals surface area (Å²) in [5.41, 5.74) is 1.63. The molecular weight excluding hydrogens is 439 g/mol. The Morgan fingerprint density at radius 2 is 1.94 bits per heavy atom. The molecule has 0 bridgehead atoms. The molecule has 2 aromatic heterocycles. The molecule has 156 valence electrons. The lowest BCUT2D eigenvalue weighted by Crippen LogP contribution is -2.28. The number of nitrogens with zero attached hydrogens (tertiary/aromatic N) is 3. The summed E-state index contributed by atoms with van der Waals surface area (Å²) in [6.45, 7) is 1.68.